The van der Waals surface area contributed by atoms with E-state index in [0.717, 1.165) is 24.0 Å². The third kappa shape index (κ3) is 6.99. The van der Waals surface area contributed by atoms with Crippen LogP contribution in [0.1, 0.15) is 49.9 Å². The lowest BCUT2D eigenvalue weighted by atomic mass is 10.1. The summed E-state index contributed by atoms with van der Waals surface area (Å²) < 4.78 is 22.2. The van der Waals surface area contributed by atoms with Crippen LogP contribution in [0.4, 0.5) is 4.79 Å². The van der Waals surface area contributed by atoms with E-state index in [1.165, 1.54) is 16.5 Å². The maximum absolute atomic E-state index is 12.7. The third-order valence-corrected chi connectivity index (χ3v) is 11.5. The van der Waals surface area contributed by atoms with E-state index in [4.69, 9.17) is 25.1 Å². The van der Waals surface area contributed by atoms with Gasteiger partial charge in [-0.1, -0.05) is 57.0 Å². The van der Waals surface area contributed by atoms with E-state index in [2.05, 4.69) is 39.8 Å². The molecule has 1 amide bonds. The number of benzene rings is 2. The Labute approximate surface area is 226 Å². The zero-order valence-corrected chi connectivity index (χ0v) is 24.1. The smallest absolute Gasteiger partial charge is 0.413 e. The fourth-order valence-corrected chi connectivity index (χ4v) is 5.02. The number of esters is 1. The predicted octanol–water partition coefficient (Wildman–Crippen LogP) is 6.35. The molecule has 3 rings (SSSR count). The topological polar surface area (TPSA) is 74.3 Å². The lowest BCUT2D eigenvalue weighted by molar-refractivity contribution is -0.146. The zero-order valence-electron chi connectivity index (χ0n) is 23.1. The van der Waals surface area contributed by atoms with Gasteiger partial charge in [0.2, 0.25) is 6.79 Å². The van der Waals surface area contributed by atoms with Gasteiger partial charge in [0, 0.05) is 6.08 Å². The second-order valence-electron chi connectivity index (χ2n) is 10.7. The molecule has 0 bridgehead atoms. The molecule has 2 aromatic rings. The summed E-state index contributed by atoms with van der Waals surface area (Å²) in [4.78, 5) is 26.5. The van der Waals surface area contributed by atoms with Gasteiger partial charge in [0.25, 0.3) is 8.32 Å². The Morgan fingerprint density at radius 1 is 1.13 bits per heavy atom. The summed E-state index contributed by atoms with van der Waals surface area (Å²) in [6.07, 6.45) is 9.37. The third-order valence-electron chi connectivity index (χ3n) is 7.13. The number of carbonyl (C=O) groups excluding carboxylic acids is 2. The summed E-state index contributed by atoms with van der Waals surface area (Å²) in [5, 5.41) is 0.0449. The van der Waals surface area contributed by atoms with Gasteiger partial charge in [0.1, 0.15) is 5.75 Å². The van der Waals surface area contributed by atoms with Gasteiger partial charge in [-0.25, -0.2) is 9.59 Å². The standard InChI is InChI=1S/C30H37NO6Si/c1-8-19-31(25-16-15-23-11-9-10-12-24(23)25)29(33)36-21-35-28(32)18-14-22-13-17-26(27(20-22)34-5)37-38(6,7)30(2,3)4/h1,9-14,17-18,20,25H,15-16,19,21H2,2-7H3/b18-14+/t25-/m1/s1. The summed E-state index contributed by atoms with van der Waals surface area (Å²) >= 11 is 0. The molecule has 1 aliphatic carbocycles. The van der Waals surface area contributed by atoms with Crippen LogP contribution in [-0.2, 0) is 20.7 Å². The first-order chi connectivity index (χ1) is 18.0. The van der Waals surface area contributed by atoms with Crippen molar-refractivity contribution in [3.8, 4) is 23.8 Å². The maximum Gasteiger partial charge on any atom is 0.413 e. The molecule has 202 valence electrons. The predicted molar refractivity (Wildman–Crippen MR) is 150 cm³/mol. The van der Waals surface area contributed by atoms with Crippen molar-refractivity contribution in [1.82, 2.24) is 4.90 Å². The lowest BCUT2D eigenvalue weighted by Gasteiger charge is -2.36. The quantitative estimate of drug-likeness (QED) is 0.122. The largest absolute Gasteiger partial charge is 0.541 e. The summed E-state index contributed by atoms with van der Waals surface area (Å²) in [5.74, 6) is 3.13. The Bertz CT molecular complexity index is 1220. The zero-order chi connectivity index (χ0) is 27.9. The van der Waals surface area contributed by atoms with Gasteiger partial charge in [0.15, 0.2) is 5.75 Å². The van der Waals surface area contributed by atoms with Gasteiger partial charge >= 0.3 is 12.1 Å². The fourth-order valence-electron chi connectivity index (χ4n) is 3.99. The molecule has 0 N–H and O–H groups in total. The van der Waals surface area contributed by atoms with Crippen LogP contribution in [-0.4, -0.2) is 45.7 Å². The van der Waals surface area contributed by atoms with Gasteiger partial charge in [0.05, 0.1) is 19.7 Å². The first-order valence-corrected chi connectivity index (χ1v) is 15.5. The molecular formula is C30H37NO6Si. The van der Waals surface area contributed by atoms with Gasteiger partial charge in [-0.05, 0) is 65.9 Å². The molecule has 0 fully saturated rings. The first kappa shape index (κ1) is 28.9. The van der Waals surface area contributed by atoms with Crippen molar-refractivity contribution in [2.75, 3.05) is 20.4 Å². The number of carbonyl (C=O) groups is 2. The molecule has 1 aliphatic rings. The highest BCUT2D eigenvalue weighted by molar-refractivity contribution is 6.74. The first-order valence-electron chi connectivity index (χ1n) is 12.6. The molecule has 0 spiro atoms. The van der Waals surface area contributed by atoms with E-state index in [1.54, 1.807) is 19.3 Å². The van der Waals surface area contributed by atoms with Crippen molar-refractivity contribution in [3.63, 3.8) is 0 Å². The number of ether oxygens (including phenoxy) is 3. The SMILES string of the molecule is C#CCN(C(=O)OCOC(=O)/C=C/c1ccc(O[Si](C)(C)C(C)(C)C)c(OC)c1)[C@@H]1CCc2ccccc21. The number of rotatable bonds is 9. The maximum atomic E-state index is 12.7. The Morgan fingerprint density at radius 3 is 2.55 bits per heavy atom. The van der Waals surface area contributed by atoms with Gasteiger partial charge in [-0.2, -0.15) is 0 Å². The molecule has 0 unspecified atom stereocenters. The Morgan fingerprint density at radius 2 is 1.87 bits per heavy atom. The van der Waals surface area contributed by atoms with Crippen molar-refractivity contribution in [2.45, 2.75) is 57.8 Å². The summed E-state index contributed by atoms with van der Waals surface area (Å²) in [5.41, 5.74) is 2.99. The monoisotopic (exact) mass is 535 g/mol. The molecule has 8 heteroatoms. The van der Waals surface area contributed by atoms with Crippen LogP contribution in [0.3, 0.4) is 0 Å². The molecule has 2 aromatic carbocycles. The molecular weight excluding hydrogens is 498 g/mol. The molecule has 1 atom stereocenters. The van der Waals surface area contributed by atoms with Crippen LogP contribution in [0, 0.1) is 12.3 Å². The minimum absolute atomic E-state index is 0.0449. The van der Waals surface area contributed by atoms with Crippen molar-refractivity contribution in [3.05, 3.63) is 65.2 Å². The van der Waals surface area contributed by atoms with E-state index in [0.29, 0.717) is 11.5 Å². The molecule has 7 nitrogen and oxygen atoms in total. The van der Waals surface area contributed by atoms with Crippen molar-refractivity contribution in [1.29, 1.82) is 0 Å². The van der Waals surface area contributed by atoms with E-state index in [1.807, 2.05) is 36.4 Å². The second kappa shape index (κ2) is 12.2. The van der Waals surface area contributed by atoms with Crippen molar-refractivity contribution in [2.24, 2.45) is 0 Å². The van der Waals surface area contributed by atoms with E-state index >= 15 is 0 Å². The molecule has 0 heterocycles. The number of terminal acetylenes is 1. The molecule has 0 aliphatic heterocycles. The number of hydrogen-bond acceptors (Lipinski definition) is 6. The van der Waals surface area contributed by atoms with Gasteiger partial charge < -0.3 is 18.6 Å². The number of methoxy groups -OCH3 is 1. The Hall–Kier alpha value is -3.70. The van der Waals surface area contributed by atoms with Gasteiger partial charge in [-0.15, -0.1) is 6.42 Å². The van der Waals surface area contributed by atoms with Crippen LogP contribution >= 0.6 is 0 Å². The minimum atomic E-state index is -2.04. The van der Waals surface area contributed by atoms with Crippen LogP contribution < -0.4 is 9.16 Å². The number of nitrogens with zero attached hydrogens (tertiary/aromatic N) is 1. The van der Waals surface area contributed by atoms with Crippen LogP contribution in [0.5, 0.6) is 11.5 Å². The van der Waals surface area contributed by atoms with E-state index < -0.39 is 27.2 Å². The second-order valence-corrected chi connectivity index (χ2v) is 15.4. The number of aryl methyl sites for hydroxylation is 1. The Balaban J connectivity index is 1.56. The van der Waals surface area contributed by atoms with Crippen molar-refractivity contribution >= 4 is 26.5 Å². The molecule has 0 saturated heterocycles. The highest BCUT2D eigenvalue weighted by Gasteiger charge is 2.39. The summed E-state index contributed by atoms with van der Waals surface area (Å²) in [6, 6.07) is 13.3. The van der Waals surface area contributed by atoms with Gasteiger partial charge in [-0.3, -0.25) is 4.90 Å². The summed E-state index contributed by atoms with van der Waals surface area (Å²) in [6.45, 7) is 10.4. The number of fused-ring (bicyclic) bond motifs is 1. The van der Waals surface area contributed by atoms with Crippen LogP contribution in [0.15, 0.2) is 48.5 Å². The van der Waals surface area contributed by atoms with Crippen LogP contribution in [0.2, 0.25) is 18.1 Å². The highest BCUT2D eigenvalue weighted by Crippen LogP contribution is 2.40. The van der Waals surface area contributed by atoms with E-state index in [9.17, 15) is 9.59 Å². The molecule has 0 radical (unpaired) electrons. The lowest BCUT2D eigenvalue weighted by Crippen LogP contribution is -2.43. The van der Waals surface area contributed by atoms with E-state index in [-0.39, 0.29) is 17.6 Å². The van der Waals surface area contributed by atoms with Crippen LogP contribution in [0.25, 0.3) is 6.08 Å². The highest BCUT2D eigenvalue weighted by atomic mass is 28.4. The van der Waals surface area contributed by atoms with Crippen molar-refractivity contribution < 1.29 is 28.2 Å². The Kier molecular flexibility index (Phi) is 9.29. The number of hydrogen-bond donors (Lipinski definition) is 0. The fraction of sp³-hybridized carbons (Fsp3) is 0.400. The normalized spacial score (nSPS) is 14.9. The average molecular weight is 536 g/mol. The summed E-state index contributed by atoms with van der Waals surface area (Å²) in [7, 11) is -0.458. The average Bonchev–Trinajstić information content (AvgIpc) is 3.29. The molecule has 38 heavy (non-hydrogen) atoms. The minimum Gasteiger partial charge on any atom is -0.541 e. The number of amides is 1. The molecule has 0 saturated carbocycles. The molecule has 0 aromatic heterocycles.